The van der Waals surface area contributed by atoms with Crippen LogP contribution in [0.5, 0.6) is 0 Å². The van der Waals surface area contributed by atoms with Crippen molar-refractivity contribution in [3.8, 4) is 0 Å². The average molecular weight is 283 g/mol. The maximum Gasteiger partial charge on any atom is 0.221 e. The highest BCUT2D eigenvalue weighted by atomic mass is 35.5. The van der Waals surface area contributed by atoms with Gasteiger partial charge < -0.3 is 10.2 Å². The van der Waals surface area contributed by atoms with Crippen LogP contribution in [0.1, 0.15) is 31.4 Å². The molecule has 4 heteroatoms. The summed E-state index contributed by atoms with van der Waals surface area (Å²) in [5.41, 5.74) is 4.03. The van der Waals surface area contributed by atoms with Gasteiger partial charge in [0.2, 0.25) is 5.91 Å². The summed E-state index contributed by atoms with van der Waals surface area (Å²) in [6, 6.07) is 6.80. The third-order valence-corrected chi connectivity index (χ3v) is 3.29. The number of aryl methyl sites for hydroxylation is 1. The molecule has 0 radical (unpaired) electrons. The van der Waals surface area contributed by atoms with Gasteiger partial charge in [0.1, 0.15) is 0 Å². The summed E-state index contributed by atoms with van der Waals surface area (Å²) in [4.78, 5) is 14.0. The molecule has 19 heavy (non-hydrogen) atoms. The number of anilines is 1. The molecule has 3 nitrogen and oxygen atoms in total. The Morgan fingerprint density at radius 2 is 2.16 bits per heavy atom. The van der Waals surface area contributed by atoms with Crippen molar-refractivity contribution in [2.24, 2.45) is 0 Å². The summed E-state index contributed by atoms with van der Waals surface area (Å²) in [5, 5.41) is 2.93. The van der Waals surface area contributed by atoms with Crippen LogP contribution in [0.3, 0.4) is 0 Å². The lowest BCUT2D eigenvalue weighted by atomic mass is 10.1. The number of halogens is 1. The fourth-order valence-electron chi connectivity index (χ4n) is 2.46. The van der Waals surface area contributed by atoms with Gasteiger partial charge in [-0.3, -0.25) is 4.79 Å². The van der Waals surface area contributed by atoms with Crippen molar-refractivity contribution in [2.45, 2.75) is 39.7 Å². The van der Waals surface area contributed by atoms with Crippen molar-refractivity contribution in [2.75, 3.05) is 18.0 Å². The van der Waals surface area contributed by atoms with E-state index in [0.717, 1.165) is 19.5 Å². The number of rotatable bonds is 4. The Hall–Kier alpha value is -1.22. The normalized spacial score (nSPS) is 13.2. The van der Waals surface area contributed by atoms with Crippen molar-refractivity contribution in [1.29, 1.82) is 0 Å². The number of carbonyl (C=O) groups is 1. The Kier molecular flexibility index (Phi) is 5.67. The Labute approximate surface area is 121 Å². The first-order valence-electron chi connectivity index (χ1n) is 6.70. The van der Waals surface area contributed by atoms with Crippen molar-refractivity contribution in [3.05, 3.63) is 29.3 Å². The molecule has 1 amide bonds. The van der Waals surface area contributed by atoms with Gasteiger partial charge in [-0.05, 0) is 38.8 Å². The smallest absolute Gasteiger partial charge is 0.221 e. The van der Waals surface area contributed by atoms with Gasteiger partial charge in [-0.25, -0.2) is 0 Å². The second-order valence-corrected chi connectivity index (χ2v) is 5.34. The molecule has 0 spiro atoms. The molecule has 2 rings (SSSR count). The van der Waals surface area contributed by atoms with E-state index in [4.69, 9.17) is 0 Å². The van der Waals surface area contributed by atoms with E-state index in [2.05, 4.69) is 35.3 Å². The van der Waals surface area contributed by atoms with Crippen LogP contribution in [0, 0.1) is 6.92 Å². The average Bonchev–Trinajstić information content (AvgIpc) is 2.67. The minimum absolute atomic E-state index is 0. The lowest BCUT2D eigenvalue weighted by molar-refractivity contribution is -0.121. The summed E-state index contributed by atoms with van der Waals surface area (Å²) >= 11 is 0. The number of carbonyl (C=O) groups excluding carboxylic acids is 1. The van der Waals surface area contributed by atoms with Gasteiger partial charge in [-0.15, -0.1) is 12.4 Å². The predicted octanol–water partition coefficient (Wildman–Crippen LogP) is 2.69. The van der Waals surface area contributed by atoms with Gasteiger partial charge >= 0.3 is 0 Å². The number of fused-ring (bicyclic) bond motifs is 1. The van der Waals surface area contributed by atoms with Gasteiger partial charge in [0, 0.05) is 31.2 Å². The summed E-state index contributed by atoms with van der Waals surface area (Å²) in [5.74, 6) is 0.144. The number of hydrogen-bond acceptors (Lipinski definition) is 2. The first-order valence-corrected chi connectivity index (χ1v) is 6.70. The molecule has 1 aliphatic heterocycles. The van der Waals surface area contributed by atoms with Crippen LogP contribution in [0.4, 0.5) is 5.69 Å². The van der Waals surface area contributed by atoms with Gasteiger partial charge in [-0.1, -0.05) is 17.7 Å². The van der Waals surface area contributed by atoms with Crippen molar-refractivity contribution < 1.29 is 4.79 Å². The van der Waals surface area contributed by atoms with E-state index in [0.29, 0.717) is 6.42 Å². The van der Waals surface area contributed by atoms with Gasteiger partial charge in [0.15, 0.2) is 0 Å². The molecule has 1 N–H and O–H groups in total. The number of amides is 1. The first kappa shape index (κ1) is 15.8. The standard InChI is InChI=1S/C15H22N2O.ClH/c1-11(2)16-15(18)7-9-17-8-6-13-10-12(3)4-5-14(13)17;/h4-5,10-11H,6-9H2,1-3H3,(H,16,18);1H. The summed E-state index contributed by atoms with van der Waals surface area (Å²) in [6.45, 7) is 7.96. The predicted molar refractivity (Wildman–Crippen MR) is 82.2 cm³/mol. The molecule has 0 bridgehead atoms. The number of nitrogens with one attached hydrogen (secondary N) is 1. The van der Waals surface area contributed by atoms with Crippen molar-refractivity contribution >= 4 is 24.0 Å². The Balaban J connectivity index is 0.00000180. The van der Waals surface area contributed by atoms with E-state index < -0.39 is 0 Å². The van der Waals surface area contributed by atoms with E-state index in [1.807, 2.05) is 13.8 Å². The van der Waals surface area contributed by atoms with Crippen molar-refractivity contribution in [1.82, 2.24) is 5.32 Å². The van der Waals surface area contributed by atoms with Crippen LogP contribution < -0.4 is 10.2 Å². The molecule has 1 heterocycles. The summed E-state index contributed by atoms with van der Waals surface area (Å²) < 4.78 is 0. The SMILES string of the molecule is Cc1ccc2c(c1)CCN2CCC(=O)NC(C)C.Cl. The lowest BCUT2D eigenvalue weighted by Crippen LogP contribution is -2.33. The molecule has 0 unspecified atom stereocenters. The van der Waals surface area contributed by atoms with Crippen LogP contribution in [-0.2, 0) is 11.2 Å². The summed E-state index contributed by atoms with van der Waals surface area (Å²) in [6.07, 6.45) is 1.67. The molecular weight excluding hydrogens is 260 g/mol. The third kappa shape index (κ3) is 4.13. The first-order chi connectivity index (χ1) is 8.56. The molecule has 0 atom stereocenters. The Bertz CT molecular complexity index is 446. The molecule has 1 aliphatic rings. The number of benzene rings is 1. The summed E-state index contributed by atoms with van der Waals surface area (Å²) in [7, 11) is 0. The third-order valence-electron chi connectivity index (χ3n) is 3.29. The fourth-order valence-corrected chi connectivity index (χ4v) is 2.46. The topological polar surface area (TPSA) is 32.3 Å². The maximum absolute atomic E-state index is 11.6. The zero-order chi connectivity index (χ0) is 13.1. The van der Waals surface area contributed by atoms with Crippen LogP contribution in [0.15, 0.2) is 18.2 Å². The molecule has 1 aromatic carbocycles. The van der Waals surface area contributed by atoms with E-state index in [1.165, 1.54) is 16.8 Å². The maximum atomic E-state index is 11.6. The van der Waals surface area contributed by atoms with Crippen molar-refractivity contribution in [3.63, 3.8) is 0 Å². The highest BCUT2D eigenvalue weighted by Crippen LogP contribution is 2.28. The minimum Gasteiger partial charge on any atom is -0.370 e. The molecule has 0 saturated carbocycles. The number of nitrogens with zero attached hydrogens (tertiary/aromatic N) is 1. The molecule has 0 aliphatic carbocycles. The number of hydrogen-bond donors (Lipinski definition) is 1. The Morgan fingerprint density at radius 1 is 1.42 bits per heavy atom. The molecular formula is C15H23ClN2O. The quantitative estimate of drug-likeness (QED) is 0.921. The fraction of sp³-hybridized carbons (Fsp3) is 0.533. The Morgan fingerprint density at radius 3 is 2.84 bits per heavy atom. The largest absolute Gasteiger partial charge is 0.370 e. The molecule has 0 fully saturated rings. The van der Waals surface area contributed by atoms with Gasteiger partial charge in [0.05, 0.1) is 0 Å². The highest BCUT2D eigenvalue weighted by molar-refractivity contribution is 5.85. The highest BCUT2D eigenvalue weighted by Gasteiger charge is 2.19. The minimum atomic E-state index is 0. The van der Waals surface area contributed by atoms with Gasteiger partial charge in [0.25, 0.3) is 0 Å². The van der Waals surface area contributed by atoms with Gasteiger partial charge in [-0.2, -0.15) is 0 Å². The molecule has 0 aromatic heterocycles. The van der Waals surface area contributed by atoms with Crippen LogP contribution >= 0.6 is 12.4 Å². The van der Waals surface area contributed by atoms with E-state index in [1.54, 1.807) is 0 Å². The van der Waals surface area contributed by atoms with Crippen LogP contribution in [0.2, 0.25) is 0 Å². The molecule has 106 valence electrons. The van der Waals surface area contributed by atoms with E-state index in [-0.39, 0.29) is 24.4 Å². The molecule has 1 aromatic rings. The zero-order valence-corrected chi connectivity index (χ0v) is 12.7. The van der Waals surface area contributed by atoms with E-state index >= 15 is 0 Å². The monoisotopic (exact) mass is 282 g/mol. The molecule has 0 saturated heterocycles. The van der Waals surface area contributed by atoms with E-state index in [9.17, 15) is 4.79 Å². The second-order valence-electron chi connectivity index (χ2n) is 5.34. The van der Waals surface area contributed by atoms with Crippen LogP contribution in [-0.4, -0.2) is 25.0 Å². The van der Waals surface area contributed by atoms with Crippen LogP contribution in [0.25, 0.3) is 0 Å². The lowest BCUT2D eigenvalue weighted by Gasteiger charge is -2.19. The zero-order valence-electron chi connectivity index (χ0n) is 11.9. The second kappa shape index (κ2) is 6.80.